The zero-order valence-corrected chi connectivity index (χ0v) is 12.4. The molecule has 1 aromatic rings. The van der Waals surface area contributed by atoms with Crippen LogP contribution in [0.25, 0.3) is 0 Å². The number of carboxylic acids is 1. The van der Waals surface area contributed by atoms with Gasteiger partial charge >= 0.3 is 5.97 Å². The van der Waals surface area contributed by atoms with E-state index in [1.165, 1.54) is 10.6 Å². The van der Waals surface area contributed by atoms with Crippen molar-refractivity contribution in [2.45, 2.75) is 38.6 Å². The van der Waals surface area contributed by atoms with Crippen molar-refractivity contribution in [3.8, 4) is 0 Å². The Labute approximate surface area is 127 Å². The fourth-order valence-corrected chi connectivity index (χ4v) is 1.98. The quantitative estimate of drug-likeness (QED) is 0.678. The highest BCUT2D eigenvalue weighted by Gasteiger charge is 2.03. The Kier molecular flexibility index (Phi) is 7.53. The highest BCUT2D eigenvalue weighted by Crippen LogP contribution is 2.05. The molecule has 0 bridgehead atoms. The van der Waals surface area contributed by atoms with Crippen LogP contribution in [0.4, 0.5) is 0 Å². The summed E-state index contributed by atoms with van der Waals surface area (Å²) in [4.78, 5) is 33.3. The van der Waals surface area contributed by atoms with Gasteiger partial charge in [-0.1, -0.05) is 11.6 Å². The number of carboxylic acid groups (broad SMARTS) is 1. The van der Waals surface area contributed by atoms with Crippen molar-refractivity contribution < 1.29 is 14.7 Å². The summed E-state index contributed by atoms with van der Waals surface area (Å²) in [5, 5.41) is 11.6. The molecule has 0 fully saturated rings. The van der Waals surface area contributed by atoms with Crippen LogP contribution >= 0.6 is 11.6 Å². The van der Waals surface area contributed by atoms with Gasteiger partial charge in [-0.15, -0.1) is 0 Å². The highest BCUT2D eigenvalue weighted by atomic mass is 35.5. The van der Waals surface area contributed by atoms with E-state index in [1.54, 1.807) is 12.3 Å². The molecule has 0 atom stereocenters. The minimum absolute atomic E-state index is 0.0535. The van der Waals surface area contributed by atoms with Crippen molar-refractivity contribution in [3.05, 3.63) is 33.7 Å². The first kappa shape index (κ1) is 17.2. The van der Waals surface area contributed by atoms with Gasteiger partial charge in [0.05, 0.1) is 5.02 Å². The van der Waals surface area contributed by atoms with E-state index in [1.807, 2.05) is 0 Å². The minimum Gasteiger partial charge on any atom is -0.481 e. The second kappa shape index (κ2) is 9.18. The van der Waals surface area contributed by atoms with Crippen molar-refractivity contribution in [2.75, 3.05) is 6.54 Å². The van der Waals surface area contributed by atoms with E-state index in [-0.39, 0.29) is 17.9 Å². The number of rotatable bonds is 9. The van der Waals surface area contributed by atoms with Crippen LogP contribution in [0, 0.1) is 0 Å². The molecule has 2 N–H and O–H groups in total. The summed E-state index contributed by atoms with van der Waals surface area (Å²) < 4.78 is 1.52. The summed E-state index contributed by atoms with van der Waals surface area (Å²) in [6.07, 6.45) is 3.78. The van der Waals surface area contributed by atoms with Crippen LogP contribution in [0.5, 0.6) is 0 Å². The average Bonchev–Trinajstić information content (AvgIpc) is 2.43. The summed E-state index contributed by atoms with van der Waals surface area (Å²) in [7, 11) is 0. The fourth-order valence-electron chi connectivity index (χ4n) is 1.80. The number of aryl methyl sites for hydroxylation is 1. The lowest BCUT2D eigenvalue weighted by Crippen LogP contribution is -2.24. The molecule has 21 heavy (non-hydrogen) atoms. The molecule has 1 heterocycles. The molecule has 0 aliphatic heterocycles. The standard InChI is InChI=1S/C14H19ClN2O4/c15-11-6-7-13(19)17(10-11)9-2-1-4-12(18)16-8-3-5-14(20)21/h6-7,10H,1-5,8-9H2,(H,16,18)(H,20,21). The van der Waals surface area contributed by atoms with Gasteiger partial charge in [-0.05, 0) is 25.3 Å². The van der Waals surface area contributed by atoms with Crippen LogP contribution in [-0.4, -0.2) is 28.1 Å². The number of aromatic nitrogens is 1. The molecule has 0 saturated carbocycles. The van der Waals surface area contributed by atoms with Crippen LogP contribution in [0.15, 0.2) is 23.1 Å². The molecular formula is C14H19ClN2O4. The van der Waals surface area contributed by atoms with Gasteiger partial charge in [0.2, 0.25) is 5.91 Å². The number of nitrogens with one attached hydrogen (secondary N) is 1. The zero-order chi connectivity index (χ0) is 15.7. The molecule has 0 aliphatic rings. The maximum Gasteiger partial charge on any atom is 0.303 e. The highest BCUT2D eigenvalue weighted by molar-refractivity contribution is 6.30. The normalized spacial score (nSPS) is 10.3. The number of hydrogen-bond acceptors (Lipinski definition) is 3. The minimum atomic E-state index is -0.865. The number of amides is 1. The summed E-state index contributed by atoms with van der Waals surface area (Å²) in [5.74, 6) is -0.963. The largest absolute Gasteiger partial charge is 0.481 e. The first-order valence-corrected chi connectivity index (χ1v) is 7.21. The summed E-state index contributed by atoms with van der Waals surface area (Å²) in [6.45, 7) is 0.893. The molecule has 6 nitrogen and oxygen atoms in total. The Morgan fingerprint density at radius 3 is 2.67 bits per heavy atom. The molecular weight excluding hydrogens is 296 g/mol. The van der Waals surface area contributed by atoms with Crippen molar-refractivity contribution in [1.29, 1.82) is 0 Å². The molecule has 1 aromatic heterocycles. The monoisotopic (exact) mass is 314 g/mol. The van der Waals surface area contributed by atoms with E-state index < -0.39 is 5.97 Å². The Bertz CT molecular complexity index is 542. The predicted octanol–water partition coefficient (Wildman–Crippen LogP) is 1.65. The molecule has 0 radical (unpaired) electrons. The van der Waals surface area contributed by atoms with E-state index in [9.17, 15) is 14.4 Å². The van der Waals surface area contributed by atoms with E-state index in [2.05, 4.69) is 5.32 Å². The summed E-state index contributed by atoms with van der Waals surface area (Å²) in [5.41, 5.74) is -0.113. The molecule has 116 valence electrons. The molecule has 0 saturated heterocycles. The van der Waals surface area contributed by atoms with Crippen molar-refractivity contribution >= 4 is 23.5 Å². The van der Waals surface area contributed by atoms with Crippen LogP contribution in [0.2, 0.25) is 5.02 Å². The number of carbonyl (C=O) groups is 2. The van der Waals surface area contributed by atoms with Gasteiger partial charge < -0.3 is 15.0 Å². The smallest absolute Gasteiger partial charge is 0.303 e. The SMILES string of the molecule is O=C(O)CCCNC(=O)CCCCn1cc(Cl)ccc1=O. The van der Waals surface area contributed by atoms with Crippen molar-refractivity contribution in [3.63, 3.8) is 0 Å². The molecule has 0 aliphatic carbocycles. The molecule has 0 unspecified atom stereocenters. The Balaban J connectivity index is 2.16. The predicted molar refractivity (Wildman–Crippen MR) is 79.4 cm³/mol. The van der Waals surface area contributed by atoms with Crippen LogP contribution in [0.1, 0.15) is 32.1 Å². The van der Waals surface area contributed by atoms with Gasteiger partial charge in [0, 0.05) is 38.2 Å². The van der Waals surface area contributed by atoms with Gasteiger partial charge in [-0.2, -0.15) is 0 Å². The molecule has 1 amide bonds. The first-order valence-electron chi connectivity index (χ1n) is 6.83. The number of aliphatic carboxylic acids is 1. The van der Waals surface area contributed by atoms with Gasteiger partial charge in [-0.25, -0.2) is 0 Å². The van der Waals surface area contributed by atoms with Gasteiger partial charge in [0.15, 0.2) is 0 Å². The van der Waals surface area contributed by atoms with Crippen LogP contribution < -0.4 is 10.9 Å². The number of halogens is 1. The molecule has 1 rings (SSSR count). The summed E-state index contributed by atoms with van der Waals surface area (Å²) >= 11 is 5.81. The maximum atomic E-state index is 11.5. The number of carbonyl (C=O) groups excluding carboxylic acids is 1. The van der Waals surface area contributed by atoms with Crippen LogP contribution in [0.3, 0.4) is 0 Å². The molecule has 0 aromatic carbocycles. The molecule has 0 spiro atoms. The van der Waals surface area contributed by atoms with Crippen molar-refractivity contribution in [1.82, 2.24) is 9.88 Å². The third kappa shape index (κ3) is 7.51. The van der Waals surface area contributed by atoms with E-state index in [0.717, 1.165) is 0 Å². The Hall–Kier alpha value is -1.82. The first-order chi connectivity index (χ1) is 9.99. The van der Waals surface area contributed by atoms with E-state index >= 15 is 0 Å². The maximum absolute atomic E-state index is 11.5. The third-order valence-corrected chi connectivity index (χ3v) is 3.11. The lowest BCUT2D eigenvalue weighted by Gasteiger charge is -2.06. The molecule has 7 heteroatoms. The number of nitrogens with zero attached hydrogens (tertiary/aromatic N) is 1. The van der Waals surface area contributed by atoms with E-state index in [4.69, 9.17) is 16.7 Å². The number of pyridine rings is 1. The summed E-state index contributed by atoms with van der Waals surface area (Å²) in [6, 6.07) is 2.96. The third-order valence-electron chi connectivity index (χ3n) is 2.89. The van der Waals surface area contributed by atoms with Gasteiger partial charge in [0.1, 0.15) is 0 Å². The van der Waals surface area contributed by atoms with Crippen LogP contribution in [-0.2, 0) is 16.1 Å². The lowest BCUT2D eigenvalue weighted by molar-refractivity contribution is -0.137. The second-order valence-electron chi connectivity index (χ2n) is 4.68. The zero-order valence-electron chi connectivity index (χ0n) is 11.7. The Morgan fingerprint density at radius 1 is 1.19 bits per heavy atom. The lowest BCUT2D eigenvalue weighted by atomic mass is 10.2. The van der Waals surface area contributed by atoms with Crippen molar-refractivity contribution in [2.24, 2.45) is 0 Å². The van der Waals surface area contributed by atoms with Gasteiger partial charge in [-0.3, -0.25) is 14.4 Å². The Morgan fingerprint density at radius 2 is 1.95 bits per heavy atom. The average molecular weight is 315 g/mol. The number of unbranched alkanes of at least 4 members (excludes halogenated alkanes) is 1. The van der Waals surface area contributed by atoms with E-state index in [0.29, 0.717) is 43.8 Å². The fraction of sp³-hybridized carbons (Fsp3) is 0.500. The second-order valence-corrected chi connectivity index (χ2v) is 5.12. The number of hydrogen-bond donors (Lipinski definition) is 2. The topological polar surface area (TPSA) is 88.4 Å². The van der Waals surface area contributed by atoms with Gasteiger partial charge in [0.25, 0.3) is 5.56 Å².